The van der Waals surface area contributed by atoms with Crippen LogP contribution in [0.1, 0.15) is 38.7 Å². The molecule has 0 aliphatic carbocycles. The number of nitrogens with one attached hydrogen (secondary N) is 2. The summed E-state index contributed by atoms with van der Waals surface area (Å²) in [6.07, 6.45) is -0.791. The van der Waals surface area contributed by atoms with Gasteiger partial charge in [-0.15, -0.1) is 0 Å². The molecule has 0 saturated carbocycles. The molecule has 1 aliphatic rings. The quantitative estimate of drug-likeness (QED) is 0.609. The minimum Gasteiger partial charge on any atom is -0.445 e. The Morgan fingerprint density at radius 2 is 2.04 bits per heavy atom. The van der Waals surface area contributed by atoms with Crippen molar-refractivity contribution in [2.24, 2.45) is 5.92 Å². The van der Waals surface area contributed by atoms with Crippen molar-refractivity contribution < 1.29 is 19.7 Å². The SMILES string of the molecule is CC(C)C[C@@H](O)[C@H](O)[C@]1(NC(=O)OCc2ccccc2)CCCN1. The van der Waals surface area contributed by atoms with Crippen LogP contribution in [-0.4, -0.2) is 40.7 Å². The maximum absolute atomic E-state index is 12.2. The Hall–Kier alpha value is -1.63. The lowest BCUT2D eigenvalue weighted by atomic mass is 9.91. The highest BCUT2D eigenvalue weighted by atomic mass is 16.5. The molecule has 0 unspecified atom stereocenters. The first-order valence-corrected chi connectivity index (χ1v) is 8.53. The number of hydrogen-bond donors (Lipinski definition) is 4. The zero-order valence-corrected chi connectivity index (χ0v) is 14.4. The third-order valence-corrected chi connectivity index (χ3v) is 4.31. The minimum atomic E-state index is -1.09. The Balaban J connectivity index is 1.95. The third-order valence-electron chi connectivity index (χ3n) is 4.31. The molecular weight excluding hydrogens is 308 g/mol. The predicted molar refractivity (Wildman–Crippen MR) is 91.2 cm³/mol. The second-order valence-electron chi connectivity index (χ2n) is 6.83. The Morgan fingerprint density at radius 1 is 1.33 bits per heavy atom. The number of rotatable bonds is 7. The summed E-state index contributed by atoms with van der Waals surface area (Å²) >= 11 is 0. The highest BCUT2D eigenvalue weighted by Crippen LogP contribution is 2.25. The smallest absolute Gasteiger partial charge is 0.409 e. The molecule has 1 saturated heterocycles. The Labute approximate surface area is 143 Å². The number of benzene rings is 1. The molecule has 1 aromatic carbocycles. The number of amides is 1. The van der Waals surface area contributed by atoms with Crippen LogP contribution >= 0.6 is 0 Å². The molecule has 1 amide bonds. The maximum Gasteiger partial charge on any atom is 0.409 e. The van der Waals surface area contributed by atoms with E-state index in [4.69, 9.17) is 4.74 Å². The van der Waals surface area contributed by atoms with Crippen molar-refractivity contribution in [2.75, 3.05) is 6.54 Å². The molecule has 0 radical (unpaired) electrons. The fourth-order valence-corrected chi connectivity index (χ4v) is 3.08. The molecule has 24 heavy (non-hydrogen) atoms. The van der Waals surface area contributed by atoms with Gasteiger partial charge in [0.25, 0.3) is 0 Å². The lowest BCUT2D eigenvalue weighted by Gasteiger charge is -2.37. The van der Waals surface area contributed by atoms with Gasteiger partial charge in [-0.25, -0.2) is 4.79 Å². The van der Waals surface area contributed by atoms with Crippen molar-refractivity contribution in [3.63, 3.8) is 0 Å². The van der Waals surface area contributed by atoms with E-state index in [-0.39, 0.29) is 12.5 Å². The molecule has 1 aromatic rings. The van der Waals surface area contributed by atoms with Gasteiger partial charge in [-0.2, -0.15) is 0 Å². The summed E-state index contributed by atoms with van der Waals surface area (Å²) in [5, 5.41) is 26.7. The molecule has 6 nitrogen and oxygen atoms in total. The Morgan fingerprint density at radius 3 is 2.62 bits per heavy atom. The van der Waals surface area contributed by atoms with E-state index in [0.717, 1.165) is 12.0 Å². The largest absolute Gasteiger partial charge is 0.445 e. The van der Waals surface area contributed by atoms with Crippen molar-refractivity contribution in [3.8, 4) is 0 Å². The topological polar surface area (TPSA) is 90.8 Å². The fourth-order valence-electron chi connectivity index (χ4n) is 3.08. The number of carbonyl (C=O) groups excluding carboxylic acids is 1. The first-order chi connectivity index (χ1) is 11.4. The normalized spacial score (nSPS) is 23.0. The zero-order valence-electron chi connectivity index (χ0n) is 14.4. The summed E-state index contributed by atoms with van der Waals surface area (Å²) in [4.78, 5) is 12.2. The fraction of sp³-hybridized carbons (Fsp3) is 0.611. The molecule has 0 spiro atoms. The second-order valence-corrected chi connectivity index (χ2v) is 6.83. The molecule has 0 aromatic heterocycles. The molecule has 3 atom stereocenters. The van der Waals surface area contributed by atoms with Crippen LogP contribution in [-0.2, 0) is 11.3 Å². The molecule has 2 rings (SSSR count). The summed E-state index contributed by atoms with van der Waals surface area (Å²) in [5.74, 6) is 0.248. The Kier molecular flexibility index (Phi) is 6.60. The van der Waals surface area contributed by atoms with Crippen molar-refractivity contribution in [1.29, 1.82) is 0 Å². The molecule has 1 heterocycles. The molecule has 6 heteroatoms. The van der Waals surface area contributed by atoms with E-state index >= 15 is 0 Å². The first kappa shape index (κ1) is 18.7. The lowest BCUT2D eigenvalue weighted by molar-refractivity contribution is -0.0546. The minimum absolute atomic E-state index is 0.160. The van der Waals surface area contributed by atoms with Crippen LogP contribution < -0.4 is 10.6 Å². The van der Waals surface area contributed by atoms with Crippen LogP contribution in [0.25, 0.3) is 0 Å². The second kappa shape index (κ2) is 8.46. The standard InChI is InChI=1S/C18H28N2O4/c1-13(2)11-15(21)16(22)18(9-6-10-19-18)20-17(23)24-12-14-7-4-3-5-8-14/h3-5,7-8,13,15-16,19,21-22H,6,9-12H2,1-2H3,(H,20,23)/t15-,16+,18-/m1/s1. The summed E-state index contributed by atoms with van der Waals surface area (Å²) in [5.41, 5.74) is -0.149. The van der Waals surface area contributed by atoms with E-state index in [1.807, 2.05) is 44.2 Å². The van der Waals surface area contributed by atoms with E-state index in [0.29, 0.717) is 19.4 Å². The lowest BCUT2D eigenvalue weighted by Crippen LogP contribution is -2.66. The van der Waals surface area contributed by atoms with Gasteiger partial charge in [-0.3, -0.25) is 5.32 Å². The van der Waals surface area contributed by atoms with Crippen LogP contribution in [0, 0.1) is 5.92 Å². The van der Waals surface area contributed by atoms with Gasteiger partial charge in [0.1, 0.15) is 18.4 Å². The number of alkyl carbamates (subject to hydrolysis) is 1. The van der Waals surface area contributed by atoms with Crippen LogP contribution in [0.2, 0.25) is 0 Å². The molecule has 1 fully saturated rings. The summed E-state index contributed by atoms with van der Waals surface area (Å²) in [7, 11) is 0. The zero-order chi connectivity index (χ0) is 17.6. The van der Waals surface area contributed by atoms with Crippen molar-refractivity contribution in [1.82, 2.24) is 10.6 Å². The number of aliphatic hydroxyl groups excluding tert-OH is 2. The van der Waals surface area contributed by atoms with Gasteiger partial charge in [0.2, 0.25) is 0 Å². The van der Waals surface area contributed by atoms with E-state index in [1.165, 1.54) is 0 Å². The highest BCUT2D eigenvalue weighted by molar-refractivity contribution is 5.68. The van der Waals surface area contributed by atoms with Gasteiger partial charge < -0.3 is 20.3 Å². The van der Waals surface area contributed by atoms with Crippen LogP contribution in [0.15, 0.2) is 30.3 Å². The van der Waals surface area contributed by atoms with Gasteiger partial charge in [0.15, 0.2) is 0 Å². The number of hydrogen-bond acceptors (Lipinski definition) is 5. The highest BCUT2D eigenvalue weighted by Gasteiger charge is 2.45. The van der Waals surface area contributed by atoms with Crippen LogP contribution in [0.3, 0.4) is 0 Å². The molecule has 0 bridgehead atoms. The molecular formula is C18H28N2O4. The summed E-state index contributed by atoms with van der Waals surface area (Å²) in [6, 6.07) is 9.40. The third kappa shape index (κ3) is 4.93. The molecule has 4 N–H and O–H groups in total. The Bertz CT molecular complexity index is 515. The van der Waals surface area contributed by atoms with E-state index in [2.05, 4.69) is 10.6 Å². The van der Waals surface area contributed by atoms with E-state index in [9.17, 15) is 15.0 Å². The monoisotopic (exact) mass is 336 g/mol. The first-order valence-electron chi connectivity index (χ1n) is 8.53. The van der Waals surface area contributed by atoms with Gasteiger partial charge in [-0.1, -0.05) is 44.2 Å². The van der Waals surface area contributed by atoms with Gasteiger partial charge in [-0.05, 0) is 37.3 Å². The number of ether oxygens (including phenoxy) is 1. The van der Waals surface area contributed by atoms with Gasteiger partial charge in [0.05, 0.1) is 6.10 Å². The average Bonchev–Trinajstić information content (AvgIpc) is 3.02. The summed E-state index contributed by atoms with van der Waals surface area (Å²) in [6.45, 7) is 4.79. The number of carbonyl (C=O) groups is 1. The number of aliphatic hydroxyl groups is 2. The predicted octanol–water partition coefficient (Wildman–Crippen LogP) is 1.76. The van der Waals surface area contributed by atoms with E-state index < -0.39 is 24.0 Å². The van der Waals surface area contributed by atoms with Crippen molar-refractivity contribution in [3.05, 3.63) is 35.9 Å². The maximum atomic E-state index is 12.2. The molecule has 134 valence electrons. The van der Waals surface area contributed by atoms with Crippen molar-refractivity contribution in [2.45, 2.75) is 57.6 Å². The average molecular weight is 336 g/mol. The van der Waals surface area contributed by atoms with Gasteiger partial charge >= 0.3 is 6.09 Å². The molecule has 1 aliphatic heterocycles. The van der Waals surface area contributed by atoms with E-state index in [1.54, 1.807) is 0 Å². The summed E-state index contributed by atoms with van der Waals surface area (Å²) < 4.78 is 5.24. The van der Waals surface area contributed by atoms with Gasteiger partial charge in [0, 0.05) is 0 Å². The van der Waals surface area contributed by atoms with Crippen LogP contribution in [0.4, 0.5) is 4.79 Å². The van der Waals surface area contributed by atoms with Crippen molar-refractivity contribution >= 4 is 6.09 Å². The van der Waals surface area contributed by atoms with Crippen LogP contribution in [0.5, 0.6) is 0 Å².